The molecule has 0 aliphatic heterocycles. The summed E-state index contributed by atoms with van der Waals surface area (Å²) in [6.45, 7) is 2.01. The molecule has 0 fully saturated rings. The van der Waals surface area contributed by atoms with Gasteiger partial charge in [0.2, 0.25) is 11.8 Å². The number of hydrogen-bond acceptors (Lipinski definition) is 5. The van der Waals surface area contributed by atoms with E-state index in [4.69, 9.17) is 4.42 Å². The number of benzene rings is 2. The van der Waals surface area contributed by atoms with Gasteiger partial charge >= 0.3 is 0 Å². The predicted octanol–water partition coefficient (Wildman–Crippen LogP) is 3.33. The monoisotopic (exact) mass is 392 g/mol. The number of rotatable bonds is 7. The van der Waals surface area contributed by atoms with Gasteiger partial charge in [0.25, 0.3) is 5.91 Å². The minimum absolute atomic E-state index is 0.150. The first-order chi connectivity index (χ1) is 13.9. The van der Waals surface area contributed by atoms with Gasteiger partial charge in [-0.2, -0.15) is 0 Å². The highest BCUT2D eigenvalue weighted by molar-refractivity contribution is 6.04. The Kier molecular flexibility index (Phi) is 6.41. The molecule has 1 heterocycles. The van der Waals surface area contributed by atoms with Crippen molar-refractivity contribution in [2.75, 3.05) is 26.0 Å². The summed E-state index contributed by atoms with van der Waals surface area (Å²) in [4.78, 5) is 30.6. The number of amides is 2. The molecule has 0 saturated heterocycles. The van der Waals surface area contributed by atoms with Crippen molar-refractivity contribution in [2.45, 2.75) is 13.0 Å². The number of hydrogen-bond donors (Lipinski definition) is 2. The van der Waals surface area contributed by atoms with Crippen LogP contribution in [0.25, 0.3) is 11.1 Å². The average molecular weight is 392 g/mol. The Morgan fingerprint density at radius 2 is 1.76 bits per heavy atom. The van der Waals surface area contributed by atoms with Crippen LogP contribution in [0, 0.1) is 0 Å². The van der Waals surface area contributed by atoms with E-state index >= 15 is 0 Å². The zero-order valence-electron chi connectivity index (χ0n) is 16.7. The molecule has 150 valence electrons. The lowest BCUT2D eigenvalue weighted by atomic mass is 10.0. The van der Waals surface area contributed by atoms with Crippen molar-refractivity contribution in [3.05, 3.63) is 72.4 Å². The zero-order chi connectivity index (χ0) is 20.8. The van der Waals surface area contributed by atoms with E-state index in [1.165, 1.54) is 6.26 Å². The summed E-state index contributed by atoms with van der Waals surface area (Å²) >= 11 is 0. The minimum atomic E-state index is -0.444. The smallest absolute Gasteiger partial charge is 0.277 e. The largest absolute Gasteiger partial charge is 0.446 e. The number of carbonyl (C=O) groups excluding carboxylic acids is 2. The first-order valence-corrected chi connectivity index (χ1v) is 9.29. The maximum atomic E-state index is 12.7. The van der Waals surface area contributed by atoms with E-state index < -0.39 is 6.04 Å². The molecule has 7 nitrogen and oxygen atoms in total. The van der Waals surface area contributed by atoms with Crippen molar-refractivity contribution >= 4 is 17.5 Å². The molecule has 0 radical (unpaired) electrons. The first kappa shape index (κ1) is 20.3. The van der Waals surface area contributed by atoms with E-state index in [0.717, 1.165) is 11.1 Å². The van der Waals surface area contributed by atoms with E-state index in [2.05, 4.69) is 15.6 Å². The SMILES string of the molecule is C[C@H](NC(=O)CN(C)C)c1nc(C(=O)Nc2ccccc2-c2ccccc2)co1. The van der Waals surface area contributed by atoms with Crippen molar-refractivity contribution in [1.82, 2.24) is 15.2 Å². The van der Waals surface area contributed by atoms with Crippen LogP contribution >= 0.6 is 0 Å². The second kappa shape index (κ2) is 9.16. The van der Waals surface area contributed by atoms with E-state index in [1.807, 2.05) is 68.7 Å². The van der Waals surface area contributed by atoms with E-state index in [-0.39, 0.29) is 29.9 Å². The Bertz CT molecular complexity index is 982. The summed E-state index contributed by atoms with van der Waals surface area (Å²) < 4.78 is 5.41. The van der Waals surface area contributed by atoms with Crippen molar-refractivity contribution in [3.63, 3.8) is 0 Å². The lowest BCUT2D eigenvalue weighted by Crippen LogP contribution is -2.35. The molecule has 0 saturated carbocycles. The normalized spacial score (nSPS) is 11.9. The van der Waals surface area contributed by atoms with E-state index in [9.17, 15) is 9.59 Å². The van der Waals surface area contributed by atoms with Gasteiger partial charge < -0.3 is 20.0 Å². The third-order valence-corrected chi connectivity index (χ3v) is 4.22. The number of oxazole rings is 1. The maximum Gasteiger partial charge on any atom is 0.277 e. The molecule has 2 aromatic carbocycles. The third-order valence-electron chi connectivity index (χ3n) is 4.22. The highest BCUT2D eigenvalue weighted by atomic mass is 16.3. The Morgan fingerprint density at radius 3 is 2.48 bits per heavy atom. The maximum absolute atomic E-state index is 12.7. The molecule has 0 spiro atoms. The van der Waals surface area contributed by atoms with Gasteiger partial charge in [-0.25, -0.2) is 4.98 Å². The number of para-hydroxylation sites is 1. The number of nitrogens with one attached hydrogen (secondary N) is 2. The van der Waals surface area contributed by atoms with Gasteiger partial charge in [0.1, 0.15) is 12.3 Å². The third kappa shape index (κ3) is 5.30. The van der Waals surface area contributed by atoms with Crippen molar-refractivity contribution < 1.29 is 14.0 Å². The van der Waals surface area contributed by atoms with Crippen molar-refractivity contribution in [3.8, 4) is 11.1 Å². The number of likely N-dealkylation sites (N-methyl/N-ethyl adjacent to an activating group) is 1. The zero-order valence-corrected chi connectivity index (χ0v) is 16.7. The van der Waals surface area contributed by atoms with Gasteiger partial charge in [0.15, 0.2) is 5.69 Å². The highest BCUT2D eigenvalue weighted by Gasteiger charge is 2.19. The molecule has 3 aromatic rings. The Morgan fingerprint density at radius 1 is 1.07 bits per heavy atom. The summed E-state index contributed by atoms with van der Waals surface area (Å²) in [7, 11) is 3.62. The summed E-state index contributed by atoms with van der Waals surface area (Å²) in [5.41, 5.74) is 2.74. The van der Waals surface area contributed by atoms with Gasteiger partial charge in [-0.3, -0.25) is 9.59 Å². The Labute approximate surface area is 169 Å². The standard InChI is InChI=1S/C22H24N4O3/c1-15(23-20(27)13-26(2)3)22-25-19(14-29-22)21(28)24-18-12-8-7-11-17(18)16-9-5-4-6-10-16/h4-12,14-15H,13H2,1-3H3,(H,23,27)(H,24,28)/t15-/m0/s1. The second-order valence-electron chi connectivity index (χ2n) is 6.96. The molecule has 3 rings (SSSR count). The average Bonchev–Trinajstić information content (AvgIpc) is 3.19. The lowest BCUT2D eigenvalue weighted by molar-refractivity contribution is -0.122. The van der Waals surface area contributed by atoms with Gasteiger partial charge in [-0.15, -0.1) is 0 Å². The molecule has 2 amide bonds. The predicted molar refractivity (Wildman–Crippen MR) is 111 cm³/mol. The van der Waals surface area contributed by atoms with Crippen LogP contribution in [0.3, 0.4) is 0 Å². The number of aromatic nitrogens is 1. The molecular weight excluding hydrogens is 368 g/mol. The van der Waals surface area contributed by atoms with Crippen LogP contribution in [0.2, 0.25) is 0 Å². The lowest BCUT2D eigenvalue weighted by Gasteiger charge is -2.13. The molecule has 29 heavy (non-hydrogen) atoms. The van der Waals surface area contributed by atoms with Crippen LogP contribution in [-0.4, -0.2) is 42.3 Å². The molecule has 0 aliphatic carbocycles. The summed E-state index contributed by atoms with van der Waals surface area (Å²) in [6, 6.07) is 16.9. The van der Waals surface area contributed by atoms with Crippen LogP contribution in [0.1, 0.15) is 29.3 Å². The van der Waals surface area contributed by atoms with Gasteiger partial charge in [0, 0.05) is 11.3 Å². The van der Waals surface area contributed by atoms with E-state index in [1.54, 1.807) is 11.8 Å². The second-order valence-corrected chi connectivity index (χ2v) is 6.96. The summed E-state index contributed by atoms with van der Waals surface area (Å²) in [5, 5.41) is 5.68. The fourth-order valence-corrected chi connectivity index (χ4v) is 2.87. The van der Waals surface area contributed by atoms with Gasteiger partial charge in [-0.1, -0.05) is 48.5 Å². The molecule has 0 aliphatic rings. The van der Waals surface area contributed by atoms with E-state index in [0.29, 0.717) is 5.69 Å². The number of anilines is 1. The summed E-state index contributed by atoms with van der Waals surface area (Å²) in [5.74, 6) is -0.253. The molecule has 7 heteroatoms. The van der Waals surface area contributed by atoms with Gasteiger partial charge in [-0.05, 0) is 32.6 Å². The Hall–Kier alpha value is -3.45. The van der Waals surface area contributed by atoms with Crippen LogP contribution in [0.5, 0.6) is 0 Å². The molecule has 0 unspecified atom stereocenters. The Balaban J connectivity index is 1.71. The van der Waals surface area contributed by atoms with Crippen LogP contribution in [0.4, 0.5) is 5.69 Å². The molecule has 1 atom stereocenters. The van der Waals surface area contributed by atoms with Gasteiger partial charge in [0.05, 0.1) is 6.54 Å². The summed E-state index contributed by atoms with van der Waals surface area (Å²) in [6.07, 6.45) is 1.30. The topological polar surface area (TPSA) is 87.5 Å². The fourth-order valence-electron chi connectivity index (χ4n) is 2.87. The fraction of sp³-hybridized carbons (Fsp3) is 0.227. The van der Waals surface area contributed by atoms with Crippen molar-refractivity contribution in [2.24, 2.45) is 0 Å². The molecule has 0 bridgehead atoms. The molecule has 2 N–H and O–H groups in total. The van der Waals surface area contributed by atoms with Crippen LogP contribution in [0.15, 0.2) is 65.3 Å². The molecule has 1 aromatic heterocycles. The highest BCUT2D eigenvalue weighted by Crippen LogP contribution is 2.28. The number of nitrogens with zero attached hydrogens (tertiary/aromatic N) is 2. The minimum Gasteiger partial charge on any atom is -0.446 e. The number of carbonyl (C=O) groups is 2. The molecular formula is C22H24N4O3. The van der Waals surface area contributed by atoms with Crippen LogP contribution in [-0.2, 0) is 4.79 Å². The van der Waals surface area contributed by atoms with Crippen LogP contribution < -0.4 is 10.6 Å². The first-order valence-electron chi connectivity index (χ1n) is 9.29. The van der Waals surface area contributed by atoms with Crippen molar-refractivity contribution in [1.29, 1.82) is 0 Å². The quantitative estimate of drug-likeness (QED) is 0.644.